The third-order valence-corrected chi connectivity index (χ3v) is 15.9. The number of hydrogen-bond donors (Lipinski definition) is 13. The molecule has 15 atom stereocenters. The Bertz CT molecular complexity index is 2080. The van der Waals surface area contributed by atoms with E-state index in [-0.39, 0.29) is 88.6 Å². The smallest absolute Gasteiger partial charge is 0.407 e. The molecule has 0 unspecified atom stereocenters. The Morgan fingerprint density at radius 3 is 1.12 bits per heavy atom. The SMILES string of the molecule is C[C@@H]1O[C@H](OCCCCCNC(=O)CCC(CCC(=O)NCCCCCO[C@H]2O[C@@H](C)[C@@H](O)[C@@H](O)[C@@H]2O)(CCC(=O)NCCCCCO[C@H]2O[C@@H](C)[C@@H](O)[C@@H](O)[C@@H]2O)NC(=O)OCC2c3ccccc3-c3ccccc32)[C@@H](O)[C@H](O)[C@@H]1O. The Morgan fingerprint density at radius 2 is 0.780 bits per heavy atom. The van der Waals surface area contributed by atoms with E-state index in [9.17, 15) is 65.1 Å². The van der Waals surface area contributed by atoms with Crippen LogP contribution in [0.1, 0.15) is 134 Å². The van der Waals surface area contributed by atoms with Crippen LogP contribution in [0.15, 0.2) is 48.5 Å². The molecule has 1 aliphatic carbocycles. The highest BCUT2D eigenvalue weighted by Gasteiger charge is 2.45. The van der Waals surface area contributed by atoms with Gasteiger partial charge in [-0.15, -0.1) is 0 Å². The Hall–Kier alpha value is -4.48. The van der Waals surface area contributed by atoms with Crippen LogP contribution in [0, 0.1) is 0 Å². The van der Waals surface area contributed by atoms with Crippen LogP contribution in [0.25, 0.3) is 11.1 Å². The number of aliphatic hydroxyl groups is 9. The van der Waals surface area contributed by atoms with Crippen molar-refractivity contribution in [1.82, 2.24) is 21.3 Å². The van der Waals surface area contributed by atoms with Gasteiger partial charge in [0.1, 0.15) is 61.5 Å². The van der Waals surface area contributed by atoms with Gasteiger partial charge in [0.15, 0.2) is 18.9 Å². The van der Waals surface area contributed by atoms with Gasteiger partial charge in [-0.05, 0) is 120 Å². The van der Waals surface area contributed by atoms with Crippen molar-refractivity contribution in [3.05, 3.63) is 59.7 Å². The second-order valence-corrected chi connectivity index (χ2v) is 22.1. The monoisotopic (exact) mass is 1160 g/mol. The van der Waals surface area contributed by atoms with E-state index in [2.05, 4.69) is 21.3 Å². The molecule has 82 heavy (non-hydrogen) atoms. The molecule has 0 saturated carbocycles. The Balaban J connectivity index is 1.05. The summed E-state index contributed by atoms with van der Waals surface area (Å²) in [5.41, 5.74) is 2.82. The molecule has 0 radical (unpaired) electrons. The lowest BCUT2D eigenvalue weighted by molar-refractivity contribution is -0.293. The average Bonchev–Trinajstić information content (AvgIpc) is 3.42. The van der Waals surface area contributed by atoms with E-state index in [1.165, 1.54) is 0 Å². The third kappa shape index (κ3) is 19.3. The number of nitrogens with one attached hydrogen (secondary N) is 4. The highest BCUT2D eigenvalue weighted by molar-refractivity contribution is 5.80. The van der Waals surface area contributed by atoms with Gasteiger partial charge in [-0.3, -0.25) is 14.4 Å². The molecule has 24 nitrogen and oxygen atoms in total. The minimum absolute atomic E-state index is 0.00604. The number of fused-ring (bicyclic) bond motifs is 3. The summed E-state index contributed by atoms with van der Waals surface area (Å²) >= 11 is 0. The van der Waals surface area contributed by atoms with Gasteiger partial charge in [0, 0.05) is 70.2 Å². The highest BCUT2D eigenvalue weighted by Crippen LogP contribution is 2.44. The fourth-order valence-corrected chi connectivity index (χ4v) is 10.7. The normalized spacial score (nSPS) is 29.1. The van der Waals surface area contributed by atoms with Crippen molar-refractivity contribution < 1.29 is 98.3 Å². The first-order valence-corrected chi connectivity index (χ1v) is 29.2. The molecule has 2 aromatic carbocycles. The first-order valence-electron chi connectivity index (χ1n) is 29.2. The van der Waals surface area contributed by atoms with E-state index >= 15 is 0 Å². The number of unbranched alkanes of at least 4 members (excludes halogenated alkanes) is 6. The summed E-state index contributed by atoms with van der Waals surface area (Å²) in [6.07, 6.45) is -13.3. The molecule has 24 heteroatoms. The summed E-state index contributed by atoms with van der Waals surface area (Å²) in [6.45, 7) is 6.22. The van der Waals surface area contributed by atoms with Gasteiger partial charge in [-0.2, -0.15) is 0 Å². The Morgan fingerprint density at radius 1 is 0.451 bits per heavy atom. The molecule has 4 aliphatic rings. The Labute approximate surface area is 479 Å². The number of ether oxygens (including phenoxy) is 7. The van der Waals surface area contributed by atoms with Crippen LogP contribution in [-0.4, -0.2) is 213 Å². The zero-order valence-electron chi connectivity index (χ0n) is 47.4. The van der Waals surface area contributed by atoms with E-state index in [4.69, 9.17) is 33.2 Å². The predicted octanol–water partition coefficient (Wildman–Crippen LogP) is 0.996. The summed E-state index contributed by atoms with van der Waals surface area (Å²) in [4.78, 5) is 54.9. The number of benzene rings is 2. The van der Waals surface area contributed by atoms with Crippen molar-refractivity contribution in [2.45, 2.75) is 221 Å². The second-order valence-electron chi connectivity index (χ2n) is 22.1. The number of carbonyl (C=O) groups is 4. The van der Waals surface area contributed by atoms with Crippen molar-refractivity contribution in [2.24, 2.45) is 0 Å². The van der Waals surface area contributed by atoms with Crippen molar-refractivity contribution in [1.29, 1.82) is 0 Å². The van der Waals surface area contributed by atoms with Crippen LogP contribution >= 0.6 is 0 Å². The molecular weight excluding hydrogens is 1070 g/mol. The summed E-state index contributed by atoms with van der Waals surface area (Å²) in [6, 6.07) is 15.8. The van der Waals surface area contributed by atoms with E-state index in [0.717, 1.165) is 22.3 Å². The van der Waals surface area contributed by atoms with Crippen molar-refractivity contribution >= 4 is 23.8 Å². The summed E-state index contributed by atoms with van der Waals surface area (Å²) in [5, 5.41) is 103. The van der Waals surface area contributed by atoms with Crippen LogP contribution in [0.2, 0.25) is 0 Å². The maximum absolute atomic E-state index is 14.2. The summed E-state index contributed by atoms with van der Waals surface area (Å²) in [5.74, 6) is -1.22. The number of hydrogen-bond acceptors (Lipinski definition) is 20. The van der Waals surface area contributed by atoms with Crippen LogP contribution in [-0.2, 0) is 47.5 Å². The predicted molar refractivity (Wildman–Crippen MR) is 294 cm³/mol. The van der Waals surface area contributed by atoms with Gasteiger partial charge in [0.2, 0.25) is 17.7 Å². The lowest BCUT2D eigenvalue weighted by Crippen LogP contribution is -2.57. The standard InChI is InChI=1S/C58H90N4O20/c1-34-45(66)48(69)51(72)54(80-34)76-30-14-4-11-27-59-42(63)21-24-58(62-57(75)79-33-41-39-19-9-7-17-37(39)38-18-8-10-20-40(38)41,25-22-43(64)60-28-12-5-15-31-77-55-52(73)49(70)46(67)35(2)81-55)26-23-44(65)61-29-13-6-16-32-78-56-53(74)50(71)47(68)36(3)82-56/h7-10,17-20,34-36,41,45-56,66-74H,4-6,11-16,21-33H2,1-3H3,(H,59,63)(H,60,64)(H,61,65)(H,62,75)/t34-,35-,36-,45+,46+,47+,48+,49+,50+,51-,52-,53-,54-,55-,56-/m0/s1. The molecule has 3 aliphatic heterocycles. The zero-order valence-corrected chi connectivity index (χ0v) is 47.4. The van der Waals surface area contributed by atoms with Crippen molar-refractivity contribution in [3.8, 4) is 11.1 Å². The van der Waals surface area contributed by atoms with Crippen LogP contribution in [0.5, 0.6) is 0 Å². The number of amides is 4. The fourth-order valence-electron chi connectivity index (χ4n) is 10.7. The highest BCUT2D eigenvalue weighted by atomic mass is 16.7. The molecule has 3 heterocycles. The van der Waals surface area contributed by atoms with Gasteiger partial charge < -0.3 is 100 Å². The van der Waals surface area contributed by atoms with Gasteiger partial charge in [0.25, 0.3) is 0 Å². The molecule has 3 saturated heterocycles. The maximum atomic E-state index is 14.2. The number of alkyl carbamates (subject to hydrolysis) is 1. The average molecular weight is 1160 g/mol. The molecule has 0 spiro atoms. The zero-order chi connectivity index (χ0) is 59.3. The number of aliphatic hydroxyl groups excluding tert-OH is 9. The molecule has 6 rings (SSSR count). The van der Waals surface area contributed by atoms with Crippen molar-refractivity contribution in [3.63, 3.8) is 0 Å². The molecule has 0 bridgehead atoms. The van der Waals surface area contributed by atoms with Gasteiger partial charge in [-0.1, -0.05) is 48.5 Å². The van der Waals surface area contributed by atoms with E-state index in [0.29, 0.717) is 77.4 Å². The third-order valence-electron chi connectivity index (χ3n) is 15.9. The molecule has 3 fully saturated rings. The molecule has 2 aromatic rings. The fraction of sp³-hybridized carbons (Fsp3) is 0.724. The number of carbonyl (C=O) groups excluding carboxylic acids is 4. The lowest BCUT2D eigenvalue weighted by atomic mass is 9.83. The van der Waals surface area contributed by atoms with Gasteiger partial charge >= 0.3 is 6.09 Å². The molecule has 0 aromatic heterocycles. The summed E-state index contributed by atoms with van der Waals surface area (Å²) in [7, 11) is 0. The van der Waals surface area contributed by atoms with Gasteiger partial charge in [0.05, 0.1) is 18.3 Å². The van der Waals surface area contributed by atoms with E-state index < -0.39 is 104 Å². The summed E-state index contributed by atoms with van der Waals surface area (Å²) < 4.78 is 39.4. The molecule has 4 amide bonds. The largest absolute Gasteiger partial charge is 0.449 e. The molecule has 13 N–H and O–H groups in total. The Kier molecular flexibility index (Phi) is 27.1. The molecular formula is C58H90N4O20. The van der Waals surface area contributed by atoms with E-state index in [1.54, 1.807) is 20.8 Å². The van der Waals surface area contributed by atoms with Crippen molar-refractivity contribution in [2.75, 3.05) is 46.1 Å². The first-order chi connectivity index (χ1) is 39.3. The minimum Gasteiger partial charge on any atom is -0.449 e. The second kappa shape index (κ2) is 33.3. The number of rotatable bonds is 33. The topological polar surface area (TPSA) is 363 Å². The lowest BCUT2D eigenvalue weighted by Gasteiger charge is -2.38. The minimum atomic E-state index is -1.41. The maximum Gasteiger partial charge on any atom is 0.407 e. The van der Waals surface area contributed by atoms with Crippen LogP contribution in [0.3, 0.4) is 0 Å². The first kappa shape index (κ1) is 66.7. The molecule has 462 valence electrons. The van der Waals surface area contributed by atoms with Crippen LogP contribution in [0.4, 0.5) is 4.79 Å². The van der Waals surface area contributed by atoms with E-state index in [1.807, 2.05) is 48.5 Å². The van der Waals surface area contributed by atoms with Gasteiger partial charge in [-0.25, -0.2) is 4.79 Å². The van der Waals surface area contributed by atoms with Crippen LogP contribution < -0.4 is 21.3 Å². The quantitative estimate of drug-likeness (QED) is 0.0443.